The Hall–Kier alpha value is -0.920. The minimum atomic E-state index is -3.48. The van der Waals surface area contributed by atoms with E-state index in [1.807, 2.05) is 6.92 Å². The van der Waals surface area contributed by atoms with Crippen LogP contribution in [0.2, 0.25) is 5.15 Å². The van der Waals surface area contributed by atoms with Gasteiger partial charge < -0.3 is 5.32 Å². The maximum absolute atomic E-state index is 10.8. The lowest BCUT2D eigenvalue weighted by Gasteiger charge is -2.10. The fourth-order valence-electron chi connectivity index (χ4n) is 1.35. The Kier molecular flexibility index (Phi) is 5.30. The number of hydrogen-bond donors (Lipinski definition) is 2. The van der Waals surface area contributed by atoms with E-state index in [1.165, 1.54) is 0 Å². The molecular weight excluding hydrogens is 276 g/mol. The number of rotatable bonds is 6. The first-order chi connectivity index (χ1) is 8.33. The van der Waals surface area contributed by atoms with Crippen molar-refractivity contribution in [1.82, 2.24) is 9.97 Å². The molecule has 18 heavy (non-hydrogen) atoms. The highest BCUT2D eigenvalue weighted by Gasteiger charge is 2.09. The lowest BCUT2D eigenvalue weighted by Crippen LogP contribution is -2.23. The van der Waals surface area contributed by atoms with Gasteiger partial charge in [0.2, 0.25) is 10.0 Å². The predicted molar refractivity (Wildman–Crippen MR) is 72.2 cm³/mol. The molecular formula is C10H17ClN4O2S. The molecule has 0 radical (unpaired) electrons. The van der Waals surface area contributed by atoms with Crippen molar-refractivity contribution in [1.29, 1.82) is 0 Å². The van der Waals surface area contributed by atoms with E-state index >= 15 is 0 Å². The zero-order chi connectivity index (χ0) is 13.8. The molecule has 1 heterocycles. The smallest absolute Gasteiger partial charge is 0.210 e. The summed E-state index contributed by atoms with van der Waals surface area (Å²) in [5, 5.41) is 8.21. The molecule has 0 bridgehead atoms. The van der Waals surface area contributed by atoms with E-state index in [0.717, 1.165) is 12.8 Å². The molecule has 102 valence electrons. The van der Waals surface area contributed by atoms with Crippen LogP contribution < -0.4 is 10.5 Å². The van der Waals surface area contributed by atoms with Crippen molar-refractivity contribution >= 4 is 27.4 Å². The van der Waals surface area contributed by atoms with Gasteiger partial charge in [-0.1, -0.05) is 18.5 Å². The summed E-state index contributed by atoms with van der Waals surface area (Å²) >= 11 is 5.99. The molecule has 0 spiro atoms. The minimum absolute atomic E-state index is 0.156. The van der Waals surface area contributed by atoms with Gasteiger partial charge in [0.05, 0.1) is 5.75 Å². The van der Waals surface area contributed by atoms with Gasteiger partial charge in [-0.25, -0.2) is 23.5 Å². The average Bonchev–Trinajstić information content (AvgIpc) is 2.23. The van der Waals surface area contributed by atoms with Crippen LogP contribution in [0, 0.1) is 6.92 Å². The molecule has 0 saturated heterocycles. The SMILES string of the molecule is CCCc1nc(Cl)c(C)c(NCCS(N)(=O)=O)n1. The van der Waals surface area contributed by atoms with E-state index in [2.05, 4.69) is 15.3 Å². The third-order valence-electron chi connectivity index (χ3n) is 2.29. The largest absolute Gasteiger partial charge is 0.369 e. The van der Waals surface area contributed by atoms with Crippen LogP contribution in [0.1, 0.15) is 24.7 Å². The lowest BCUT2D eigenvalue weighted by molar-refractivity contribution is 0.598. The zero-order valence-corrected chi connectivity index (χ0v) is 12.0. The zero-order valence-electron chi connectivity index (χ0n) is 10.4. The molecule has 0 amide bonds. The Morgan fingerprint density at radius 3 is 2.61 bits per heavy atom. The molecule has 0 aliphatic carbocycles. The van der Waals surface area contributed by atoms with Crippen molar-refractivity contribution in [3.8, 4) is 0 Å². The van der Waals surface area contributed by atoms with Gasteiger partial charge in [0.15, 0.2) is 0 Å². The Morgan fingerprint density at radius 2 is 2.06 bits per heavy atom. The van der Waals surface area contributed by atoms with Crippen LogP contribution in [0.25, 0.3) is 0 Å². The van der Waals surface area contributed by atoms with Crippen LogP contribution in [-0.4, -0.2) is 30.7 Å². The number of anilines is 1. The van der Waals surface area contributed by atoms with E-state index in [9.17, 15) is 8.42 Å². The number of primary sulfonamides is 1. The molecule has 0 unspecified atom stereocenters. The Labute approximate surface area is 112 Å². The van der Waals surface area contributed by atoms with Crippen molar-refractivity contribution in [3.05, 3.63) is 16.5 Å². The van der Waals surface area contributed by atoms with Crippen LogP contribution in [-0.2, 0) is 16.4 Å². The number of hydrogen-bond acceptors (Lipinski definition) is 5. The highest BCUT2D eigenvalue weighted by molar-refractivity contribution is 7.89. The first-order valence-corrected chi connectivity index (χ1v) is 7.70. The van der Waals surface area contributed by atoms with Gasteiger partial charge in [-0.15, -0.1) is 0 Å². The normalized spacial score (nSPS) is 11.6. The lowest BCUT2D eigenvalue weighted by atomic mass is 10.3. The monoisotopic (exact) mass is 292 g/mol. The van der Waals surface area contributed by atoms with Crippen molar-refractivity contribution < 1.29 is 8.42 Å². The van der Waals surface area contributed by atoms with Crippen LogP contribution in [0.4, 0.5) is 5.82 Å². The summed E-state index contributed by atoms with van der Waals surface area (Å²) in [6.07, 6.45) is 1.64. The van der Waals surface area contributed by atoms with E-state index in [-0.39, 0.29) is 12.3 Å². The van der Waals surface area contributed by atoms with Crippen LogP contribution >= 0.6 is 11.6 Å². The maximum Gasteiger partial charge on any atom is 0.210 e. The second kappa shape index (κ2) is 6.31. The summed E-state index contributed by atoms with van der Waals surface area (Å²) in [6.45, 7) is 3.99. The fraction of sp³-hybridized carbons (Fsp3) is 0.600. The Bertz CT molecular complexity index is 519. The predicted octanol–water partition coefficient (Wildman–Crippen LogP) is 1.09. The molecule has 0 aromatic carbocycles. The number of sulfonamides is 1. The molecule has 1 aromatic rings. The third-order valence-corrected chi connectivity index (χ3v) is 3.43. The third kappa shape index (κ3) is 4.75. The molecule has 1 rings (SSSR count). The molecule has 0 atom stereocenters. The van der Waals surface area contributed by atoms with Gasteiger partial charge in [-0.05, 0) is 13.3 Å². The van der Waals surface area contributed by atoms with Crippen molar-refractivity contribution in [3.63, 3.8) is 0 Å². The first-order valence-electron chi connectivity index (χ1n) is 5.61. The van der Waals surface area contributed by atoms with Gasteiger partial charge in [0, 0.05) is 18.5 Å². The summed E-state index contributed by atoms with van der Waals surface area (Å²) in [5.74, 6) is 1.05. The number of nitrogens with two attached hydrogens (primary N) is 1. The average molecular weight is 293 g/mol. The van der Waals surface area contributed by atoms with Crippen LogP contribution in [0.15, 0.2) is 0 Å². The summed E-state index contributed by atoms with van der Waals surface area (Å²) in [5.41, 5.74) is 0.700. The minimum Gasteiger partial charge on any atom is -0.369 e. The molecule has 0 aliphatic heterocycles. The van der Waals surface area contributed by atoms with Crippen molar-refractivity contribution in [2.45, 2.75) is 26.7 Å². The first kappa shape index (κ1) is 15.1. The van der Waals surface area contributed by atoms with E-state index < -0.39 is 10.0 Å². The standard InChI is InChI=1S/C10H17ClN4O2S/c1-3-4-8-14-9(11)7(2)10(15-8)13-5-6-18(12,16)17/h3-6H2,1-2H3,(H2,12,16,17)(H,13,14,15). The summed E-state index contributed by atoms with van der Waals surface area (Å²) in [6, 6.07) is 0. The maximum atomic E-state index is 10.8. The fourth-order valence-corrected chi connectivity index (χ4v) is 1.93. The van der Waals surface area contributed by atoms with Gasteiger partial charge in [0.1, 0.15) is 16.8 Å². The van der Waals surface area contributed by atoms with E-state index in [4.69, 9.17) is 16.7 Å². The van der Waals surface area contributed by atoms with Crippen molar-refractivity contribution in [2.24, 2.45) is 5.14 Å². The second-order valence-corrected chi connectivity index (χ2v) is 6.04. The molecule has 0 fully saturated rings. The number of aryl methyl sites for hydroxylation is 1. The van der Waals surface area contributed by atoms with Gasteiger partial charge in [-0.2, -0.15) is 0 Å². The summed E-state index contributed by atoms with van der Waals surface area (Å²) in [4.78, 5) is 8.45. The van der Waals surface area contributed by atoms with Gasteiger partial charge in [-0.3, -0.25) is 0 Å². The van der Waals surface area contributed by atoms with Crippen LogP contribution in [0.5, 0.6) is 0 Å². The number of nitrogens with zero attached hydrogens (tertiary/aromatic N) is 2. The Morgan fingerprint density at radius 1 is 1.39 bits per heavy atom. The number of nitrogens with one attached hydrogen (secondary N) is 1. The van der Waals surface area contributed by atoms with Crippen LogP contribution in [0.3, 0.4) is 0 Å². The molecule has 0 saturated carbocycles. The second-order valence-electron chi connectivity index (χ2n) is 3.95. The van der Waals surface area contributed by atoms with Gasteiger partial charge in [0.25, 0.3) is 0 Å². The number of halogens is 1. The summed E-state index contributed by atoms with van der Waals surface area (Å²) < 4.78 is 21.6. The molecule has 3 N–H and O–H groups in total. The van der Waals surface area contributed by atoms with E-state index in [1.54, 1.807) is 6.92 Å². The molecule has 0 aliphatic rings. The van der Waals surface area contributed by atoms with Gasteiger partial charge >= 0.3 is 0 Å². The highest BCUT2D eigenvalue weighted by Crippen LogP contribution is 2.20. The number of aromatic nitrogens is 2. The molecule has 1 aromatic heterocycles. The summed E-state index contributed by atoms with van der Waals surface area (Å²) in [7, 11) is -3.48. The quantitative estimate of drug-likeness (QED) is 0.765. The molecule has 6 nitrogen and oxygen atoms in total. The molecule has 8 heteroatoms. The van der Waals surface area contributed by atoms with E-state index in [0.29, 0.717) is 22.4 Å². The highest BCUT2D eigenvalue weighted by atomic mass is 35.5. The Balaban J connectivity index is 2.80. The topological polar surface area (TPSA) is 98.0 Å². The van der Waals surface area contributed by atoms with Crippen molar-refractivity contribution in [2.75, 3.05) is 17.6 Å².